The van der Waals surface area contributed by atoms with Gasteiger partial charge in [-0.2, -0.15) is 0 Å². The van der Waals surface area contributed by atoms with E-state index >= 15 is 0 Å². The summed E-state index contributed by atoms with van der Waals surface area (Å²) >= 11 is 0. The van der Waals surface area contributed by atoms with Crippen LogP contribution in [0.1, 0.15) is 53.6 Å². The Hall–Kier alpha value is -4.20. The van der Waals surface area contributed by atoms with E-state index in [1.54, 1.807) is 30.5 Å². The molecule has 4 aromatic rings. The minimum atomic E-state index is -1.57. The van der Waals surface area contributed by atoms with E-state index in [1.807, 2.05) is 62.9 Å². The van der Waals surface area contributed by atoms with E-state index in [2.05, 4.69) is 9.55 Å². The van der Waals surface area contributed by atoms with Crippen molar-refractivity contribution in [3.05, 3.63) is 99.0 Å². The fourth-order valence-corrected chi connectivity index (χ4v) is 5.62. The first-order valence-corrected chi connectivity index (χ1v) is 12.2. The van der Waals surface area contributed by atoms with E-state index in [-0.39, 0.29) is 11.3 Å². The van der Waals surface area contributed by atoms with Gasteiger partial charge in [0.1, 0.15) is 5.69 Å². The molecule has 0 saturated carbocycles. The molecule has 0 spiro atoms. The van der Waals surface area contributed by atoms with Gasteiger partial charge >= 0.3 is 5.97 Å². The number of benzene rings is 2. The van der Waals surface area contributed by atoms with E-state index in [9.17, 15) is 14.9 Å². The number of aryl methyl sites for hydroxylation is 1. The maximum absolute atomic E-state index is 13.3. The lowest BCUT2D eigenvalue weighted by molar-refractivity contribution is -0.386. The number of ether oxygens (including phenoxy) is 1. The predicted molar refractivity (Wildman–Crippen MR) is 139 cm³/mol. The zero-order chi connectivity index (χ0) is 25.6. The number of pyridine rings is 1. The van der Waals surface area contributed by atoms with Crippen LogP contribution in [-0.2, 0) is 16.9 Å². The molecular formula is C28H28N4O4. The van der Waals surface area contributed by atoms with E-state index in [4.69, 9.17) is 4.74 Å². The molecule has 2 aromatic carbocycles. The third-order valence-corrected chi connectivity index (χ3v) is 7.19. The van der Waals surface area contributed by atoms with Crippen molar-refractivity contribution < 1.29 is 14.5 Å². The summed E-state index contributed by atoms with van der Waals surface area (Å²) in [6, 6.07) is 16.4. The summed E-state index contributed by atoms with van der Waals surface area (Å²) in [5.41, 5.74) is 2.56. The van der Waals surface area contributed by atoms with Gasteiger partial charge in [-0.25, -0.2) is 4.79 Å². The Morgan fingerprint density at radius 1 is 1.08 bits per heavy atom. The average molecular weight is 485 g/mol. The Morgan fingerprint density at radius 2 is 1.83 bits per heavy atom. The summed E-state index contributed by atoms with van der Waals surface area (Å²) in [4.78, 5) is 32.0. The summed E-state index contributed by atoms with van der Waals surface area (Å²) in [5, 5.41) is 13.4. The highest BCUT2D eigenvalue weighted by Crippen LogP contribution is 2.52. The quantitative estimate of drug-likeness (QED) is 0.193. The maximum Gasteiger partial charge on any atom is 0.341 e. The monoisotopic (exact) mass is 484 g/mol. The summed E-state index contributed by atoms with van der Waals surface area (Å²) in [5.74, 6) is -0.548. The summed E-state index contributed by atoms with van der Waals surface area (Å²) in [6.07, 6.45) is 1.60. The number of hydrogen-bond donors (Lipinski definition) is 0. The molecule has 5 rings (SSSR count). The lowest BCUT2D eigenvalue weighted by atomic mass is 9.80. The van der Waals surface area contributed by atoms with Crippen LogP contribution in [0.15, 0.2) is 60.8 Å². The van der Waals surface area contributed by atoms with E-state index in [0.29, 0.717) is 36.5 Å². The Labute approximate surface area is 209 Å². The lowest BCUT2D eigenvalue weighted by Crippen LogP contribution is -2.32. The number of hydrogen-bond acceptors (Lipinski definition) is 6. The van der Waals surface area contributed by atoms with Crippen LogP contribution in [-0.4, -0.2) is 33.5 Å². The van der Waals surface area contributed by atoms with Gasteiger partial charge in [0.15, 0.2) is 0 Å². The number of carbonyl (C=O) groups excluding carboxylic acids is 1. The van der Waals surface area contributed by atoms with Crippen molar-refractivity contribution in [2.24, 2.45) is 0 Å². The van der Waals surface area contributed by atoms with Crippen LogP contribution in [0.4, 0.5) is 11.4 Å². The molecule has 0 saturated heterocycles. The molecule has 0 bridgehead atoms. The van der Waals surface area contributed by atoms with Gasteiger partial charge in [0, 0.05) is 59.7 Å². The number of carbonyl (C=O) groups is 1. The van der Waals surface area contributed by atoms with Crippen molar-refractivity contribution in [2.45, 2.75) is 39.8 Å². The molecule has 1 aliphatic rings. The van der Waals surface area contributed by atoms with Crippen LogP contribution in [0.2, 0.25) is 0 Å². The third kappa shape index (κ3) is 3.21. The number of nitro groups is 1. The van der Waals surface area contributed by atoms with Gasteiger partial charge in [-0.3, -0.25) is 15.1 Å². The molecule has 0 fully saturated rings. The summed E-state index contributed by atoms with van der Waals surface area (Å²) < 4.78 is 8.39. The molecule has 2 aromatic heterocycles. The normalized spacial score (nSPS) is 16.7. The van der Waals surface area contributed by atoms with Gasteiger partial charge in [0.25, 0.3) is 5.69 Å². The van der Waals surface area contributed by atoms with Gasteiger partial charge in [-0.05, 0) is 58.0 Å². The van der Waals surface area contributed by atoms with Crippen molar-refractivity contribution in [2.75, 3.05) is 18.0 Å². The summed E-state index contributed by atoms with van der Waals surface area (Å²) in [6.45, 7) is 10.1. The minimum Gasteiger partial charge on any atom is -0.438 e. The second kappa shape index (κ2) is 8.78. The second-order valence-corrected chi connectivity index (χ2v) is 8.82. The van der Waals surface area contributed by atoms with Crippen LogP contribution < -0.4 is 4.90 Å². The number of esters is 1. The Bertz CT molecular complexity index is 1500. The molecule has 1 atom stereocenters. The molecule has 0 radical (unpaired) electrons. The van der Waals surface area contributed by atoms with Crippen molar-refractivity contribution in [3.63, 3.8) is 0 Å². The smallest absolute Gasteiger partial charge is 0.341 e. The number of fused-ring (bicyclic) bond motifs is 2. The van der Waals surface area contributed by atoms with Gasteiger partial charge in [0.2, 0.25) is 5.60 Å². The van der Waals surface area contributed by atoms with Gasteiger partial charge < -0.3 is 14.2 Å². The number of para-hydroxylation sites is 1. The minimum absolute atomic E-state index is 0.113. The molecule has 36 heavy (non-hydrogen) atoms. The largest absolute Gasteiger partial charge is 0.438 e. The Kier molecular flexibility index (Phi) is 5.74. The fourth-order valence-electron chi connectivity index (χ4n) is 5.62. The van der Waals surface area contributed by atoms with Crippen LogP contribution >= 0.6 is 0 Å². The van der Waals surface area contributed by atoms with E-state index in [0.717, 1.165) is 22.3 Å². The first kappa shape index (κ1) is 23.5. The zero-order valence-corrected chi connectivity index (χ0v) is 20.8. The first-order chi connectivity index (χ1) is 17.4. The first-order valence-electron chi connectivity index (χ1n) is 12.2. The van der Waals surface area contributed by atoms with Crippen molar-refractivity contribution in [1.29, 1.82) is 0 Å². The number of aromatic nitrogens is 2. The highest BCUT2D eigenvalue weighted by Gasteiger charge is 2.55. The van der Waals surface area contributed by atoms with E-state index in [1.165, 1.54) is 0 Å². The van der Waals surface area contributed by atoms with Crippen LogP contribution in [0, 0.1) is 17.0 Å². The standard InChI is InChI=1S/C28H28N4O4/c1-5-30(6-2)19-14-15-22(24(17-19)32(34)35)28(26-21(27(33)36-28)12-10-16-29-26)25-18(4)31(7-3)23-13-9-8-11-20(23)25/h8-17H,5-7H2,1-4H3. The van der Waals surface area contributed by atoms with Gasteiger partial charge in [-0.15, -0.1) is 0 Å². The van der Waals surface area contributed by atoms with Gasteiger partial charge in [0.05, 0.1) is 16.1 Å². The summed E-state index contributed by atoms with van der Waals surface area (Å²) in [7, 11) is 0. The topological polar surface area (TPSA) is 90.5 Å². The highest BCUT2D eigenvalue weighted by molar-refractivity contribution is 5.98. The van der Waals surface area contributed by atoms with Crippen LogP contribution in [0.5, 0.6) is 0 Å². The SMILES string of the molecule is CCN(CC)c1ccc(C2(c3c(C)n(CC)c4ccccc34)OC(=O)c3cccnc32)c([N+](=O)[O-])c1. The zero-order valence-electron chi connectivity index (χ0n) is 20.8. The van der Waals surface area contributed by atoms with Crippen molar-refractivity contribution in [1.82, 2.24) is 9.55 Å². The average Bonchev–Trinajstić information content (AvgIpc) is 3.35. The predicted octanol–water partition coefficient (Wildman–Crippen LogP) is 5.58. The molecule has 184 valence electrons. The Balaban J connectivity index is 1.93. The molecule has 0 amide bonds. The lowest BCUT2D eigenvalue weighted by Gasteiger charge is -2.30. The molecule has 8 heteroatoms. The number of rotatable bonds is 7. The maximum atomic E-state index is 13.3. The molecule has 0 aliphatic carbocycles. The van der Waals surface area contributed by atoms with E-state index < -0.39 is 16.5 Å². The third-order valence-electron chi connectivity index (χ3n) is 7.19. The molecule has 0 N–H and O–H groups in total. The molecule has 1 unspecified atom stereocenters. The van der Waals surface area contributed by atoms with Crippen molar-refractivity contribution >= 4 is 28.2 Å². The number of anilines is 1. The van der Waals surface area contributed by atoms with Gasteiger partial charge in [-0.1, -0.05) is 18.2 Å². The van der Waals surface area contributed by atoms with Crippen LogP contribution in [0.3, 0.4) is 0 Å². The number of nitro benzene ring substituents is 1. The highest BCUT2D eigenvalue weighted by atomic mass is 16.6. The molecule has 3 heterocycles. The Morgan fingerprint density at radius 3 is 2.53 bits per heavy atom. The number of nitrogens with zero attached hydrogens (tertiary/aromatic N) is 4. The van der Waals surface area contributed by atoms with Crippen molar-refractivity contribution in [3.8, 4) is 0 Å². The fraction of sp³-hybridized carbons (Fsp3) is 0.286. The molecule has 1 aliphatic heterocycles. The second-order valence-electron chi connectivity index (χ2n) is 8.82. The van der Waals surface area contributed by atoms with Crippen LogP contribution in [0.25, 0.3) is 10.9 Å². The number of cyclic esters (lactones) is 1. The molecular weight excluding hydrogens is 456 g/mol. The molecule has 8 nitrogen and oxygen atoms in total.